The summed E-state index contributed by atoms with van der Waals surface area (Å²) < 4.78 is 1.86. The number of aliphatic hydroxyl groups excluding tert-OH is 2. The highest BCUT2D eigenvalue weighted by atomic mass is 32.2. The molecule has 9 heteroatoms. The van der Waals surface area contributed by atoms with Crippen molar-refractivity contribution in [3.05, 3.63) is 42.2 Å². The molecule has 2 heterocycles. The van der Waals surface area contributed by atoms with Gasteiger partial charge >= 0.3 is 0 Å². The molecule has 3 N–H and O–H groups in total. The van der Waals surface area contributed by atoms with Crippen molar-refractivity contribution in [2.45, 2.75) is 42.0 Å². The Labute approximate surface area is 178 Å². The second-order valence-corrected chi connectivity index (χ2v) is 8.95. The summed E-state index contributed by atoms with van der Waals surface area (Å²) in [7, 11) is 1.79. The molecule has 8 nitrogen and oxygen atoms in total. The Morgan fingerprint density at radius 2 is 2.10 bits per heavy atom. The van der Waals surface area contributed by atoms with Crippen molar-refractivity contribution in [1.29, 1.82) is 5.26 Å². The number of hydrogen-bond donors (Lipinski definition) is 3. The van der Waals surface area contributed by atoms with Gasteiger partial charge in [-0.2, -0.15) is 5.26 Å². The minimum atomic E-state index is -0.956. The molecule has 2 aliphatic rings. The van der Waals surface area contributed by atoms with Crippen molar-refractivity contribution in [1.82, 2.24) is 19.5 Å². The fraction of sp³-hybridized carbons (Fsp3) is 0.429. The van der Waals surface area contributed by atoms with Crippen LogP contribution < -0.4 is 5.32 Å². The molecule has 0 unspecified atom stereocenters. The van der Waals surface area contributed by atoms with Crippen molar-refractivity contribution < 1.29 is 10.2 Å². The first kappa shape index (κ1) is 19.3. The Morgan fingerprint density at radius 3 is 2.83 bits per heavy atom. The number of nitriles is 1. The van der Waals surface area contributed by atoms with Gasteiger partial charge in [-0.05, 0) is 17.9 Å². The summed E-state index contributed by atoms with van der Waals surface area (Å²) in [5, 5.41) is 34.2. The molecular formula is C21H22N6O2S. The van der Waals surface area contributed by atoms with Gasteiger partial charge in [0.2, 0.25) is 0 Å². The summed E-state index contributed by atoms with van der Waals surface area (Å²) in [5.41, 5.74) is 1.92. The SMILES string of the molecule is CNc1nc(SCc2ccccc2)nc2c1ncn2[C@H]1[C@H](O)[C@H](O)[C@]2(CC#N)C[C@H]12. The van der Waals surface area contributed by atoms with Crippen LogP contribution in [0.15, 0.2) is 41.8 Å². The molecule has 0 bridgehead atoms. The maximum Gasteiger partial charge on any atom is 0.191 e. The van der Waals surface area contributed by atoms with Crippen LogP contribution in [-0.2, 0) is 5.75 Å². The molecule has 1 aromatic carbocycles. The average molecular weight is 423 g/mol. The number of nitrogens with one attached hydrogen (secondary N) is 1. The number of rotatable bonds is 6. The molecular weight excluding hydrogens is 400 g/mol. The molecule has 0 amide bonds. The van der Waals surface area contributed by atoms with Gasteiger partial charge in [-0.1, -0.05) is 42.1 Å². The summed E-state index contributed by atoms with van der Waals surface area (Å²) in [6.45, 7) is 0. The molecule has 0 spiro atoms. The quantitative estimate of drug-likeness (QED) is 0.409. The number of hydrogen-bond acceptors (Lipinski definition) is 8. The van der Waals surface area contributed by atoms with E-state index in [1.807, 2.05) is 22.8 Å². The third kappa shape index (κ3) is 2.87. The molecule has 5 rings (SSSR count). The minimum absolute atomic E-state index is 0.0352. The zero-order valence-corrected chi connectivity index (χ0v) is 17.3. The van der Waals surface area contributed by atoms with Gasteiger partial charge in [0.25, 0.3) is 0 Å². The van der Waals surface area contributed by atoms with Crippen molar-refractivity contribution in [2.75, 3.05) is 12.4 Å². The number of imidazole rings is 1. The summed E-state index contributed by atoms with van der Waals surface area (Å²) in [5.74, 6) is 1.40. The normalized spacial score (nSPS) is 29.5. The van der Waals surface area contributed by atoms with Crippen LogP contribution in [-0.4, -0.2) is 49.0 Å². The van der Waals surface area contributed by atoms with Crippen LogP contribution in [0.2, 0.25) is 0 Å². The molecule has 0 aliphatic heterocycles. The summed E-state index contributed by atoms with van der Waals surface area (Å²) >= 11 is 1.53. The standard InChI is InChI=1S/C21H22N6O2S/c1-23-18-14-19(26-20(25-18)30-10-12-5-3-2-4-6-12)27(11-24-14)15-13-9-21(13,7-8-22)17(29)16(15)28/h2-6,11,13,15-17,28-29H,7,9-10H2,1H3,(H,23,25,26)/t13-,15-,16+,17+,21-/m1/s1. The van der Waals surface area contributed by atoms with E-state index in [4.69, 9.17) is 4.98 Å². The van der Waals surface area contributed by atoms with E-state index < -0.39 is 17.6 Å². The number of thioether (sulfide) groups is 1. The minimum Gasteiger partial charge on any atom is -0.390 e. The first-order valence-corrected chi connectivity index (χ1v) is 10.9. The Morgan fingerprint density at radius 1 is 1.30 bits per heavy atom. The van der Waals surface area contributed by atoms with Crippen molar-refractivity contribution in [3.63, 3.8) is 0 Å². The fourth-order valence-electron chi connectivity index (χ4n) is 4.81. The fourth-order valence-corrected chi connectivity index (χ4v) is 5.60. The van der Waals surface area contributed by atoms with Crippen molar-refractivity contribution in [2.24, 2.45) is 11.3 Å². The predicted octanol–water partition coefficient (Wildman–Crippen LogP) is 2.36. The van der Waals surface area contributed by atoms with Gasteiger partial charge in [-0.15, -0.1) is 0 Å². The molecule has 30 heavy (non-hydrogen) atoms. The second kappa shape index (κ2) is 7.23. The van der Waals surface area contributed by atoms with Gasteiger partial charge in [-0.3, -0.25) is 0 Å². The zero-order valence-electron chi connectivity index (χ0n) is 16.4. The van der Waals surface area contributed by atoms with Crippen LogP contribution in [0.4, 0.5) is 5.82 Å². The lowest BCUT2D eigenvalue weighted by molar-refractivity contribution is -0.0165. The first-order valence-electron chi connectivity index (χ1n) is 9.91. The van der Waals surface area contributed by atoms with Gasteiger partial charge in [0.05, 0.1) is 24.5 Å². The molecule has 3 aromatic rings. The molecule has 0 radical (unpaired) electrons. The van der Waals surface area contributed by atoms with Crippen LogP contribution in [0.25, 0.3) is 11.2 Å². The lowest BCUT2D eigenvalue weighted by Crippen LogP contribution is -2.34. The van der Waals surface area contributed by atoms with Gasteiger partial charge in [-0.25, -0.2) is 15.0 Å². The first-order chi connectivity index (χ1) is 14.6. The highest BCUT2D eigenvalue weighted by molar-refractivity contribution is 7.98. The number of fused-ring (bicyclic) bond motifs is 2. The summed E-state index contributed by atoms with van der Waals surface area (Å²) in [6.07, 6.45) is 0.759. The Hall–Kier alpha value is -2.67. The number of aliphatic hydroxyl groups is 2. The van der Waals surface area contributed by atoms with E-state index in [1.165, 1.54) is 17.3 Å². The molecule has 0 saturated heterocycles. The van der Waals surface area contributed by atoms with E-state index in [1.54, 1.807) is 13.4 Å². The highest BCUT2D eigenvalue weighted by Crippen LogP contribution is 2.69. The summed E-state index contributed by atoms with van der Waals surface area (Å²) in [6, 6.07) is 11.9. The van der Waals surface area contributed by atoms with Crippen molar-refractivity contribution >= 4 is 28.7 Å². The van der Waals surface area contributed by atoms with E-state index in [2.05, 4.69) is 33.5 Å². The molecule has 2 aliphatic carbocycles. The number of aromatic nitrogens is 4. The second-order valence-electron chi connectivity index (χ2n) is 8.01. The lowest BCUT2D eigenvalue weighted by Gasteiger charge is -2.23. The average Bonchev–Trinajstić information content (AvgIpc) is 3.26. The molecule has 2 fully saturated rings. The number of nitrogens with zero attached hydrogens (tertiary/aromatic N) is 5. The van der Waals surface area contributed by atoms with E-state index >= 15 is 0 Å². The molecule has 2 aromatic heterocycles. The maximum absolute atomic E-state index is 10.8. The Kier molecular flexibility index (Phi) is 4.65. The van der Waals surface area contributed by atoms with Crippen LogP contribution in [0, 0.1) is 22.7 Å². The molecule has 2 saturated carbocycles. The lowest BCUT2D eigenvalue weighted by atomic mass is 9.96. The Balaban J connectivity index is 1.50. The predicted molar refractivity (Wildman–Crippen MR) is 113 cm³/mol. The van der Waals surface area contributed by atoms with Crippen LogP contribution in [0.5, 0.6) is 0 Å². The van der Waals surface area contributed by atoms with Gasteiger partial charge in [0.15, 0.2) is 22.1 Å². The molecule has 5 atom stereocenters. The third-order valence-electron chi connectivity index (χ3n) is 6.43. The topological polar surface area (TPSA) is 120 Å². The van der Waals surface area contributed by atoms with E-state index in [0.29, 0.717) is 22.1 Å². The largest absolute Gasteiger partial charge is 0.390 e. The molecule has 154 valence electrons. The third-order valence-corrected chi connectivity index (χ3v) is 7.35. The smallest absolute Gasteiger partial charge is 0.191 e. The van der Waals surface area contributed by atoms with Crippen LogP contribution in [0.1, 0.15) is 24.4 Å². The van der Waals surface area contributed by atoms with E-state index in [9.17, 15) is 15.5 Å². The van der Waals surface area contributed by atoms with Gasteiger partial charge < -0.3 is 20.1 Å². The van der Waals surface area contributed by atoms with E-state index in [0.717, 1.165) is 12.2 Å². The van der Waals surface area contributed by atoms with Crippen molar-refractivity contribution in [3.8, 4) is 6.07 Å². The number of benzene rings is 1. The Bertz CT molecular complexity index is 1130. The maximum atomic E-state index is 10.8. The monoisotopic (exact) mass is 422 g/mol. The van der Waals surface area contributed by atoms with Gasteiger partial charge in [0, 0.05) is 24.6 Å². The number of anilines is 1. The zero-order chi connectivity index (χ0) is 20.9. The summed E-state index contributed by atoms with van der Waals surface area (Å²) in [4.78, 5) is 13.8. The highest BCUT2D eigenvalue weighted by Gasteiger charge is 2.71. The van der Waals surface area contributed by atoms with E-state index in [-0.39, 0.29) is 18.4 Å². The van der Waals surface area contributed by atoms with Crippen LogP contribution in [0.3, 0.4) is 0 Å². The van der Waals surface area contributed by atoms with Gasteiger partial charge in [0.1, 0.15) is 6.10 Å². The van der Waals surface area contributed by atoms with Crippen LogP contribution >= 0.6 is 11.8 Å².